The molecule has 0 amide bonds. The summed E-state index contributed by atoms with van der Waals surface area (Å²) in [6, 6.07) is 7.14. The third-order valence-electron chi connectivity index (χ3n) is 2.64. The molecule has 0 aliphatic carbocycles. The molecule has 7 heteroatoms. The van der Waals surface area contributed by atoms with Crippen LogP contribution in [0.15, 0.2) is 42.6 Å². The maximum atomic E-state index is 12.4. The Labute approximate surface area is 117 Å². The van der Waals surface area contributed by atoms with E-state index in [9.17, 15) is 18.0 Å². The molecule has 0 aliphatic heterocycles. The van der Waals surface area contributed by atoms with Crippen LogP contribution in [-0.4, -0.2) is 16.1 Å². The molecule has 0 atom stereocenters. The van der Waals surface area contributed by atoms with Gasteiger partial charge in [-0.2, -0.15) is 13.2 Å². The quantitative estimate of drug-likeness (QED) is 0.940. The number of carboxylic acid groups (broad SMARTS) is 1. The number of pyridine rings is 1. The second kappa shape index (κ2) is 5.82. The highest BCUT2D eigenvalue weighted by Crippen LogP contribution is 2.30. The van der Waals surface area contributed by atoms with Crippen molar-refractivity contribution in [2.24, 2.45) is 0 Å². The maximum Gasteiger partial charge on any atom is 0.416 e. The molecule has 1 aromatic carbocycles. The molecule has 1 heterocycles. The Bertz CT molecular complexity index is 621. The maximum absolute atomic E-state index is 12.4. The number of hydrogen-bond acceptors (Lipinski definition) is 3. The number of carboxylic acids is 1. The van der Waals surface area contributed by atoms with Gasteiger partial charge in [0.1, 0.15) is 12.4 Å². The van der Waals surface area contributed by atoms with Crippen molar-refractivity contribution in [3.05, 3.63) is 59.4 Å². The summed E-state index contributed by atoms with van der Waals surface area (Å²) < 4.78 is 42.4. The van der Waals surface area contributed by atoms with Crippen molar-refractivity contribution >= 4 is 5.97 Å². The fourth-order valence-corrected chi connectivity index (χ4v) is 1.53. The minimum Gasteiger partial charge on any atom is -0.487 e. The third kappa shape index (κ3) is 3.95. The molecular formula is C14H10F3NO3. The van der Waals surface area contributed by atoms with E-state index in [-0.39, 0.29) is 17.9 Å². The smallest absolute Gasteiger partial charge is 0.416 e. The van der Waals surface area contributed by atoms with Gasteiger partial charge >= 0.3 is 12.1 Å². The molecule has 4 nitrogen and oxygen atoms in total. The third-order valence-corrected chi connectivity index (χ3v) is 2.64. The van der Waals surface area contributed by atoms with E-state index in [2.05, 4.69) is 4.98 Å². The average Bonchev–Trinajstić information content (AvgIpc) is 2.45. The molecule has 0 aliphatic rings. The Kier molecular flexibility index (Phi) is 4.11. The molecule has 2 rings (SSSR count). The highest BCUT2D eigenvalue weighted by Gasteiger charge is 2.29. The normalized spacial score (nSPS) is 11.2. The number of halogens is 3. The van der Waals surface area contributed by atoms with Gasteiger partial charge < -0.3 is 9.84 Å². The summed E-state index contributed by atoms with van der Waals surface area (Å²) >= 11 is 0. The molecule has 0 spiro atoms. The van der Waals surface area contributed by atoms with Crippen LogP contribution in [0, 0.1) is 0 Å². The van der Waals surface area contributed by atoms with Crippen molar-refractivity contribution < 1.29 is 27.8 Å². The standard InChI is InChI=1S/C14H10F3NO3/c15-14(16,17)10-2-5-12(6-3-10)21-8-11-4-1-9(7-18-11)13(19)20/h1-7H,8H2,(H,19,20). The Morgan fingerprint density at radius 2 is 1.81 bits per heavy atom. The first kappa shape index (κ1) is 14.8. The number of rotatable bonds is 4. The first-order valence-electron chi connectivity index (χ1n) is 5.84. The van der Waals surface area contributed by atoms with Crippen LogP contribution >= 0.6 is 0 Å². The molecule has 2 aromatic rings. The van der Waals surface area contributed by atoms with Crippen LogP contribution in [0.1, 0.15) is 21.6 Å². The van der Waals surface area contributed by atoms with Gasteiger partial charge in [-0.05, 0) is 36.4 Å². The number of carbonyl (C=O) groups is 1. The van der Waals surface area contributed by atoms with E-state index in [1.54, 1.807) is 0 Å². The fraction of sp³-hybridized carbons (Fsp3) is 0.143. The zero-order valence-electron chi connectivity index (χ0n) is 10.6. The molecular weight excluding hydrogens is 287 g/mol. The van der Waals surface area contributed by atoms with Crippen LogP contribution < -0.4 is 4.74 Å². The van der Waals surface area contributed by atoms with E-state index in [1.807, 2.05) is 0 Å². The van der Waals surface area contributed by atoms with Crippen LogP contribution in [0.2, 0.25) is 0 Å². The summed E-state index contributed by atoms with van der Waals surface area (Å²) in [5.74, 6) is -0.815. The van der Waals surface area contributed by atoms with Crippen molar-refractivity contribution in [1.29, 1.82) is 0 Å². The van der Waals surface area contributed by atoms with Gasteiger partial charge in [-0.25, -0.2) is 4.79 Å². The van der Waals surface area contributed by atoms with Crippen molar-refractivity contribution in [1.82, 2.24) is 4.98 Å². The van der Waals surface area contributed by atoms with Crippen molar-refractivity contribution in [3.63, 3.8) is 0 Å². The average molecular weight is 297 g/mol. The molecule has 0 radical (unpaired) electrons. The number of hydrogen-bond donors (Lipinski definition) is 1. The molecule has 1 N–H and O–H groups in total. The van der Waals surface area contributed by atoms with E-state index >= 15 is 0 Å². The van der Waals surface area contributed by atoms with Gasteiger partial charge in [0, 0.05) is 6.20 Å². The molecule has 0 bridgehead atoms. The Morgan fingerprint density at radius 1 is 1.14 bits per heavy atom. The highest BCUT2D eigenvalue weighted by molar-refractivity contribution is 5.87. The number of aromatic carboxylic acids is 1. The number of ether oxygens (including phenoxy) is 1. The minimum atomic E-state index is -4.38. The first-order valence-corrected chi connectivity index (χ1v) is 5.84. The Hall–Kier alpha value is -2.57. The predicted octanol–water partition coefficient (Wildman–Crippen LogP) is 3.38. The summed E-state index contributed by atoms with van der Waals surface area (Å²) in [5, 5.41) is 8.71. The predicted molar refractivity (Wildman–Crippen MR) is 67.0 cm³/mol. The van der Waals surface area contributed by atoms with E-state index in [1.165, 1.54) is 30.5 Å². The van der Waals surface area contributed by atoms with Gasteiger partial charge in [0.05, 0.1) is 16.8 Å². The molecule has 1 aromatic heterocycles. The first-order chi connectivity index (χ1) is 9.86. The topological polar surface area (TPSA) is 59.4 Å². The zero-order valence-corrected chi connectivity index (χ0v) is 10.6. The van der Waals surface area contributed by atoms with Crippen LogP contribution in [0.3, 0.4) is 0 Å². The van der Waals surface area contributed by atoms with Gasteiger partial charge in [0.15, 0.2) is 0 Å². The largest absolute Gasteiger partial charge is 0.487 e. The lowest BCUT2D eigenvalue weighted by Crippen LogP contribution is -2.05. The lowest BCUT2D eigenvalue weighted by atomic mass is 10.2. The van der Waals surface area contributed by atoms with Crippen LogP contribution in [0.4, 0.5) is 13.2 Å². The molecule has 110 valence electrons. The number of alkyl halides is 3. The van der Waals surface area contributed by atoms with Crippen LogP contribution in [-0.2, 0) is 12.8 Å². The van der Waals surface area contributed by atoms with Crippen LogP contribution in [0.25, 0.3) is 0 Å². The summed E-state index contributed by atoms with van der Waals surface area (Å²) in [4.78, 5) is 14.5. The second-order valence-corrected chi connectivity index (χ2v) is 4.15. The van der Waals surface area contributed by atoms with Gasteiger partial charge in [0.25, 0.3) is 0 Å². The van der Waals surface area contributed by atoms with E-state index in [0.717, 1.165) is 12.1 Å². The molecule has 0 fully saturated rings. The van der Waals surface area contributed by atoms with Gasteiger partial charge in [-0.1, -0.05) is 0 Å². The SMILES string of the molecule is O=C(O)c1ccc(COc2ccc(C(F)(F)F)cc2)nc1. The highest BCUT2D eigenvalue weighted by atomic mass is 19.4. The number of nitrogens with zero attached hydrogens (tertiary/aromatic N) is 1. The van der Waals surface area contributed by atoms with Gasteiger partial charge in [-0.15, -0.1) is 0 Å². The summed E-state index contributed by atoms with van der Waals surface area (Å²) in [5.41, 5.74) is -0.230. The summed E-state index contributed by atoms with van der Waals surface area (Å²) in [6.07, 6.45) is -3.19. The van der Waals surface area contributed by atoms with Gasteiger partial charge in [-0.3, -0.25) is 4.98 Å². The zero-order chi connectivity index (χ0) is 15.5. The second-order valence-electron chi connectivity index (χ2n) is 4.15. The Balaban J connectivity index is 1.98. The van der Waals surface area contributed by atoms with E-state index < -0.39 is 17.7 Å². The lowest BCUT2D eigenvalue weighted by Gasteiger charge is -2.09. The summed E-state index contributed by atoms with van der Waals surface area (Å²) in [6.45, 7) is 0.0330. The Morgan fingerprint density at radius 3 is 2.29 bits per heavy atom. The van der Waals surface area contributed by atoms with Crippen LogP contribution in [0.5, 0.6) is 5.75 Å². The van der Waals surface area contributed by atoms with Gasteiger partial charge in [0.2, 0.25) is 0 Å². The van der Waals surface area contributed by atoms with E-state index in [4.69, 9.17) is 9.84 Å². The van der Waals surface area contributed by atoms with Crippen molar-refractivity contribution in [2.45, 2.75) is 12.8 Å². The number of benzene rings is 1. The monoisotopic (exact) mass is 297 g/mol. The van der Waals surface area contributed by atoms with E-state index in [0.29, 0.717) is 5.69 Å². The fourth-order valence-electron chi connectivity index (χ4n) is 1.53. The molecule has 21 heavy (non-hydrogen) atoms. The minimum absolute atomic E-state index is 0.0330. The van der Waals surface area contributed by atoms with Crippen molar-refractivity contribution in [2.75, 3.05) is 0 Å². The molecule has 0 saturated heterocycles. The molecule has 0 unspecified atom stereocenters. The number of aromatic nitrogens is 1. The molecule has 0 saturated carbocycles. The summed E-state index contributed by atoms with van der Waals surface area (Å²) in [7, 11) is 0. The lowest BCUT2D eigenvalue weighted by molar-refractivity contribution is -0.137. The van der Waals surface area contributed by atoms with Crippen molar-refractivity contribution in [3.8, 4) is 5.75 Å².